The van der Waals surface area contributed by atoms with Crippen LogP contribution in [-0.2, 0) is 14.2 Å². The van der Waals surface area contributed by atoms with E-state index in [0.29, 0.717) is 69.4 Å². The van der Waals surface area contributed by atoms with Crippen molar-refractivity contribution >= 4 is 94.3 Å². The van der Waals surface area contributed by atoms with E-state index in [1.165, 1.54) is 16.7 Å². The van der Waals surface area contributed by atoms with Gasteiger partial charge in [-0.15, -0.1) is 47.9 Å². The van der Waals surface area contributed by atoms with E-state index in [4.69, 9.17) is 89.0 Å². The van der Waals surface area contributed by atoms with Gasteiger partial charge in [-0.05, 0) is 203 Å². The third kappa shape index (κ3) is 27.1. The van der Waals surface area contributed by atoms with Crippen molar-refractivity contribution in [1.82, 2.24) is 0 Å². The smallest absolute Gasteiger partial charge is 0.119 e. The van der Waals surface area contributed by atoms with E-state index in [1.54, 1.807) is 35.3 Å². The van der Waals surface area contributed by atoms with Crippen molar-refractivity contribution in [2.45, 2.75) is 82.9 Å². The molecule has 10 aromatic rings. The second-order valence-electron chi connectivity index (χ2n) is 23.7. The highest BCUT2D eigenvalue weighted by Crippen LogP contribution is 2.38. The Labute approximate surface area is 637 Å². The van der Waals surface area contributed by atoms with Crippen LogP contribution in [0.1, 0.15) is 60.1 Å². The molecule has 536 valence electrons. The first-order valence-corrected chi connectivity index (χ1v) is 37.5. The summed E-state index contributed by atoms with van der Waals surface area (Å²) in [6, 6.07) is 78.7. The molecule has 0 spiro atoms. The fourth-order valence-electron chi connectivity index (χ4n) is 10.1. The van der Waals surface area contributed by atoms with Crippen LogP contribution in [-0.4, -0.2) is 129 Å². The molecule has 12 nitrogen and oxygen atoms in total. The molecule has 10 aromatic carbocycles. The topological polar surface area (TPSA) is 154 Å². The molecule has 0 aromatic heterocycles. The molecule has 6 unspecified atom stereocenters. The van der Waals surface area contributed by atoms with Crippen molar-refractivity contribution in [3.8, 4) is 34.5 Å². The van der Waals surface area contributed by atoms with Crippen LogP contribution in [0.5, 0.6) is 34.5 Å². The Kier molecular flexibility index (Phi) is 32.0. The van der Waals surface area contributed by atoms with E-state index in [1.807, 2.05) is 206 Å². The van der Waals surface area contributed by atoms with E-state index in [0.717, 1.165) is 78.4 Å². The molecular formula is C82H84Cl4O12S4. The van der Waals surface area contributed by atoms with Crippen LogP contribution >= 0.6 is 94.3 Å². The molecule has 0 amide bonds. The molecule has 6 atom stereocenters. The van der Waals surface area contributed by atoms with Gasteiger partial charge < -0.3 is 58.0 Å². The normalized spacial score (nSPS) is 16.0. The van der Waals surface area contributed by atoms with Crippen LogP contribution < -0.4 is 28.4 Å². The zero-order chi connectivity index (χ0) is 69.4. The molecule has 3 N–H and O–H groups in total. The number of rotatable bonds is 33. The molecule has 3 aliphatic rings. The van der Waals surface area contributed by atoms with E-state index in [2.05, 4.69) is 49.0 Å². The van der Waals surface area contributed by atoms with Crippen molar-refractivity contribution < 1.29 is 58.0 Å². The van der Waals surface area contributed by atoms with Crippen molar-refractivity contribution in [3.63, 3.8) is 0 Å². The van der Waals surface area contributed by atoms with Gasteiger partial charge in [0, 0.05) is 68.8 Å². The predicted molar refractivity (Wildman–Crippen MR) is 419 cm³/mol. The second kappa shape index (κ2) is 41.1. The number of halogens is 4. The number of hydrogen-bond donors (Lipinski definition) is 4. The number of thiol groups is 1. The molecule has 13 rings (SSSR count). The Bertz CT molecular complexity index is 3620. The quantitative estimate of drug-likeness (QED) is 0.0133. The maximum atomic E-state index is 10.6. The van der Waals surface area contributed by atoms with Crippen molar-refractivity contribution in [2.24, 2.45) is 0 Å². The Morgan fingerprint density at radius 1 is 0.314 bits per heavy atom. The fourth-order valence-corrected chi connectivity index (χ4v) is 13.2. The third-order valence-corrected chi connectivity index (χ3v) is 20.5. The van der Waals surface area contributed by atoms with Gasteiger partial charge in [-0.25, -0.2) is 0 Å². The van der Waals surface area contributed by atoms with Gasteiger partial charge in [0.05, 0.1) is 38.1 Å². The van der Waals surface area contributed by atoms with Crippen molar-refractivity contribution in [2.75, 3.05) is 76.7 Å². The summed E-state index contributed by atoms with van der Waals surface area (Å²) in [6.07, 6.45) is -1.23. The van der Waals surface area contributed by atoms with Crippen LogP contribution in [0, 0.1) is 0 Å². The van der Waals surface area contributed by atoms with Crippen LogP contribution in [0.2, 0.25) is 20.1 Å². The minimum Gasteiger partial charge on any atom is -0.491 e. The molecule has 0 radical (unpaired) electrons. The number of ether oxygens (including phenoxy) is 9. The molecule has 0 saturated carbocycles. The molecule has 20 heteroatoms. The number of benzene rings is 10. The van der Waals surface area contributed by atoms with Gasteiger partial charge in [0.1, 0.15) is 92.5 Å². The summed E-state index contributed by atoms with van der Waals surface area (Å²) >= 11 is 32.3. The molecule has 0 bridgehead atoms. The van der Waals surface area contributed by atoms with E-state index in [9.17, 15) is 15.3 Å². The Hall–Kier alpha value is -6.68. The fraction of sp³-hybridized carbons (Fsp3) is 0.268. The zero-order valence-electron chi connectivity index (χ0n) is 54.4. The Morgan fingerprint density at radius 3 is 0.706 bits per heavy atom. The molecule has 102 heavy (non-hydrogen) atoms. The minimum atomic E-state index is -0.652. The van der Waals surface area contributed by atoms with E-state index >= 15 is 0 Å². The lowest BCUT2D eigenvalue weighted by Crippen LogP contribution is -2.20. The summed E-state index contributed by atoms with van der Waals surface area (Å²) in [6.45, 7) is 4.67. The average Bonchev–Trinajstić information content (AvgIpc) is 1.28. The number of epoxide rings is 3. The molecule has 3 fully saturated rings. The lowest BCUT2D eigenvalue weighted by Gasteiger charge is -2.21. The second-order valence-corrected chi connectivity index (χ2v) is 29.3. The van der Waals surface area contributed by atoms with Gasteiger partial charge in [-0.2, -0.15) is 0 Å². The standard InChI is InChI=1S/C46H43Cl3O6S3.C28H28O6.C6H5ClS.2CH4/c47-34-7-19-43(20-8-34)56-28-37(50)25-53-40-13-1-31(2-14-40)46(32-3-15-41(16-4-32)54-26-38(51)29-57-44-21-9-35(48)10-22-44)33-5-17-42(18-6-33)55-27-39(52)30-58-45-23-11-36(49)12-24-45;1-7-22(29-13-25-16-32-25)8-2-19(1)28(20-3-9-23(10-4-20)30-14-26-17-33-26)21-5-11-24(12-6-21)31-15-27-18-34-27;7-5-1-3-6(8)4-2-5;;/h1-24,37-39,46,50-52H,25-30H2;1-12,25-28H,13-18H2;1-4,8H;2*1H4. The molecule has 3 heterocycles. The first kappa shape index (κ1) is 79.4. The monoisotopic (exact) mass is 1530 g/mol. The van der Waals surface area contributed by atoms with Gasteiger partial charge in [-0.3, -0.25) is 0 Å². The molecular weight excluding hydrogens is 1450 g/mol. The highest BCUT2D eigenvalue weighted by Gasteiger charge is 2.26. The van der Waals surface area contributed by atoms with E-state index in [-0.39, 0.29) is 64.8 Å². The lowest BCUT2D eigenvalue weighted by atomic mass is 9.85. The summed E-state index contributed by atoms with van der Waals surface area (Å²) in [5.41, 5.74) is 6.69. The van der Waals surface area contributed by atoms with Gasteiger partial charge in [0.2, 0.25) is 0 Å². The zero-order valence-corrected chi connectivity index (χ0v) is 60.8. The summed E-state index contributed by atoms with van der Waals surface area (Å²) < 4.78 is 51.1. The first-order valence-electron chi connectivity index (χ1n) is 32.6. The number of thioether (sulfide) groups is 3. The summed E-state index contributed by atoms with van der Waals surface area (Å²) in [5, 5.41) is 34.5. The van der Waals surface area contributed by atoms with Crippen molar-refractivity contribution in [1.29, 1.82) is 0 Å². The lowest BCUT2D eigenvalue weighted by molar-refractivity contribution is 0.126. The van der Waals surface area contributed by atoms with Gasteiger partial charge in [0.25, 0.3) is 0 Å². The highest BCUT2D eigenvalue weighted by atomic mass is 35.5. The van der Waals surface area contributed by atoms with Crippen LogP contribution in [0.3, 0.4) is 0 Å². The third-order valence-electron chi connectivity index (χ3n) is 15.7. The number of aliphatic hydroxyl groups is 3. The van der Waals surface area contributed by atoms with Gasteiger partial charge in [-0.1, -0.05) is 134 Å². The minimum absolute atomic E-state index is 0. The van der Waals surface area contributed by atoms with Gasteiger partial charge in [0.15, 0.2) is 0 Å². The number of hydrogen-bond acceptors (Lipinski definition) is 16. The highest BCUT2D eigenvalue weighted by molar-refractivity contribution is 7.99. The Morgan fingerprint density at radius 2 is 0.510 bits per heavy atom. The summed E-state index contributed by atoms with van der Waals surface area (Å²) in [4.78, 5) is 4.03. The van der Waals surface area contributed by atoms with Crippen LogP contribution in [0.15, 0.2) is 262 Å². The largest absolute Gasteiger partial charge is 0.491 e. The SMILES string of the molecule is C.C.OC(COc1ccc(C(c2ccc(OCC(O)CSc3ccc(Cl)cc3)cc2)c2ccc(OCC(O)CSc3ccc(Cl)cc3)cc2)cc1)CSc1ccc(Cl)cc1.Sc1ccc(Cl)cc1.c1cc(C(c2ccc(OCC3CO3)cc2)c2ccc(OCC3CO3)cc2)ccc1OCC1CO1. The Balaban J connectivity index is 0.000000230. The van der Waals surface area contributed by atoms with Crippen LogP contribution in [0.4, 0.5) is 0 Å². The molecule has 3 aliphatic heterocycles. The first-order chi connectivity index (χ1) is 48.7. The van der Waals surface area contributed by atoms with Crippen molar-refractivity contribution in [3.05, 3.63) is 296 Å². The maximum absolute atomic E-state index is 10.6. The summed E-state index contributed by atoms with van der Waals surface area (Å²) in [7, 11) is 0. The van der Waals surface area contributed by atoms with Gasteiger partial charge >= 0.3 is 0 Å². The maximum Gasteiger partial charge on any atom is 0.119 e. The molecule has 0 aliphatic carbocycles. The number of aliphatic hydroxyl groups excluding tert-OH is 3. The average molecular weight is 1530 g/mol. The predicted octanol–water partition coefficient (Wildman–Crippen LogP) is 19.5. The summed E-state index contributed by atoms with van der Waals surface area (Å²) in [5.74, 6) is 5.95. The molecule has 3 saturated heterocycles. The van der Waals surface area contributed by atoms with Crippen LogP contribution in [0.25, 0.3) is 0 Å². The van der Waals surface area contributed by atoms with E-state index < -0.39 is 18.3 Å².